The molecule has 3 aromatic rings. The maximum absolute atomic E-state index is 12.9. The molecule has 1 aromatic heterocycles. The Hall–Kier alpha value is -2.58. The quantitative estimate of drug-likeness (QED) is 0.441. The van der Waals surface area contributed by atoms with Gasteiger partial charge in [-0.15, -0.1) is 5.10 Å². The number of carbonyl (C=O) groups is 1. The monoisotopic (exact) mass is 483 g/mol. The lowest BCUT2D eigenvalue weighted by molar-refractivity contribution is -0.137. The molecule has 4 rings (SSSR count). The van der Waals surface area contributed by atoms with Gasteiger partial charge in [0.05, 0.1) is 5.56 Å². The second kappa shape index (κ2) is 8.75. The maximum Gasteiger partial charge on any atom is 0.416 e. The van der Waals surface area contributed by atoms with Crippen LogP contribution in [0.5, 0.6) is 0 Å². The van der Waals surface area contributed by atoms with Crippen molar-refractivity contribution in [2.75, 3.05) is 0 Å². The van der Waals surface area contributed by atoms with Crippen molar-refractivity contribution in [2.24, 2.45) is 0 Å². The van der Waals surface area contributed by atoms with Gasteiger partial charge in [-0.25, -0.2) is 9.48 Å². The van der Waals surface area contributed by atoms with Crippen LogP contribution in [-0.4, -0.2) is 20.1 Å². The van der Waals surface area contributed by atoms with Crippen LogP contribution in [0.15, 0.2) is 47.3 Å². The van der Waals surface area contributed by atoms with Crippen molar-refractivity contribution >= 4 is 29.0 Å². The normalized spacial score (nSPS) is 14.0. The molecule has 1 saturated carbocycles. The van der Waals surface area contributed by atoms with Gasteiger partial charge in [-0.1, -0.05) is 23.2 Å². The lowest BCUT2D eigenvalue weighted by Gasteiger charge is -2.10. The molecule has 0 saturated heterocycles. The number of rotatable bonds is 7. The summed E-state index contributed by atoms with van der Waals surface area (Å²) in [5, 5.41) is 5.07. The highest BCUT2D eigenvalue weighted by Gasteiger charge is 2.32. The number of halogens is 5. The van der Waals surface area contributed by atoms with Crippen molar-refractivity contribution < 1.29 is 18.0 Å². The highest BCUT2D eigenvalue weighted by Crippen LogP contribution is 2.36. The van der Waals surface area contributed by atoms with Gasteiger partial charge in [0.1, 0.15) is 6.54 Å². The van der Waals surface area contributed by atoms with E-state index in [9.17, 15) is 22.8 Å². The maximum atomic E-state index is 12.9. The average molecular weight is 484 g/mol. The number of benzene rings is 2. The molecule has 0 spiro atoms. The Balaban J connectivity index is 1.51. The van der Waals surface area contributed by atoms with Crippen LogP contribution < -0.4 is 5.69 Å². The Morgan fingerprint density at radius 3 is 2.41 bits per heavy atom. The Morgan fingerprint density at radius 1 is 1.09 bits per heavy atom. The van der Waals surface area contributed by atoms with Gasteiger partial charge in [0, 0.05) is 28.1 Å². The number of Topliss-reactive ketones (excluding diaryl/α,β-unsaturated/α-hetero) is 1. The van der Waals surface area contributed by atoms with Crippen LogP contribution in [0.2, 0.25) is 10.0 Å². The molecule has 0 amide bonds. The van der Waals surface area contributed by atoms with Gasteiger partial charge >= 0.3 is 11.9 Å². The summed E-state index contributed by atoms with van der Waals surface area (Å²) in [6.45, 7) is -0.268. The van der Waals surface area contributed by atoms with E-state index in [4.69, 9.17) is 23.2 Å². The number of hydrogen-bond donors (Lipinski definition) is 0. The van der Waals surface area contributed by atoms with E-state index in [1.165, 1.54) is 6.07 Å². The van der Waals surface area contributed by atoms with Crippen molar-refractivity contribution in [3.05, 3.63) is 74.1 Å². The van der Waals surface area contributed by atoms with E-state index in [0.29, 0.717) is 16.4 Å². The van der Waals surface area contributed by atoms with E-state index in [2.05, 4.69) is 5.10 Å². The Morgan fingerprint density at radius 2 is 1.78 bits per heavy atom. The molecule has 1 aliphatic carbocycles. The predicted octanol–water partition coefficient (Wildman–Crippen LogP) is 5.57. The summed E-state index contributed by atoms with van der Waals surface area (Å²) in [7, 11) is 0. The highest BCUT2D eigenvalue weighted by molar-refractivity contribution is 6.31. The van der Waals surface area contributed by atoms with Crippen molar-refractivity contribution in [3.8, 4) is 11.4 Å². The molecule has 1 aliphatic rings. The average Bonchev–Trinajstić information content (AvgIpc) is 3.52. The van der Waals surface area contributed by atoms with E-state index in [-0.39, 0.29) is 47.5 Å². The zero-order valence-electron chi connectivity index (χ0n) is 16.7. The van der Waals surface area contributed by atoms with E-state index in [1.807, 2.05) is 0 Å². The van der Waals surface area contributed by atoms with Gasteiger partial charge in [-0.3, -0.25) is 9.36 Å². The largest absolute Gasteiger partial charge is 0.416 e. The van der Waals surface area contributed by atoms with Crippen LogP contribution in [0.4, 0.5) is 13.2 Å². The molecule has 0 atom stereocenters. The van der Waals surface area contributed by atoms with Crippen molar-refractivity contribution in [1.29, 1.82) is 0 Å². The molecule has 0 unspecified atom stereocenters. The zero-order chi connectivity index (χ0) is 23.0. The SMILES string of the molecule is O=C(CCc1cc(C(F)(F)F)ccc1Cl)Cn1nc(-c2ccc(Cl)cc2)n(C2CC2)c1=O. The molecule has 0 N–H and O–H groups in total. The molecule has 1 fully saturated rings. The first-order valence-corrected chi connectivity index (χ1v) is 10.7. The van der Waals surface area contributed by atoms with Crippen molar-refractivity contribution in [2.45, 2.75) is 44.4 Å². The highest BCUT2D eigenvalue weighted by atomic mass is 35.5. The van der Waals surface area contributed by atoms with Crippen molar-refractivity contribution in [1.82, 2.24) is 14.3 Å². The molecule has 5 nitrogen and oxygen atoms in total. The Kier molecular flexibility index (Phi) is 6.18. The number of alkyl halides is 3. The van der Waals surface area contributed by atoms with Crippen LogP contribution >= 0.6 is 23.2 Å². The fourth-order valence-electron chi connectivity index (χ4n) is 3.44. The van der Waals surface area contributed by atoms with Gasteiger partial charge in [0.2, 0.25) is 0 Å². The summed E-state index contributed by atoms with van der Waals surface area (Å²) in [4.78, 5) is 25.4. The smallest absolute Gasteiger partial charge is 0.298 e. The molecule has 1 heterocycles. The summed E-state index contributed by atoms with van der Waals surface area (Å²) in [6, 6.07) is 9.96. The van der Waals surface area contributed by atoms with Gasteiger partial charge < -0.3 is 0 Å². The minimum absolute atomic E-state index is 0.0315. The van der Waals surface area contributed by atoms with E-state index in [1.54, 1.807) is 28.8 Å². The van der Waals surface area contributed by atoms with Gasteiger partial charge in [0.25, 0.3) is 0 Å². The van der Waals surface area contributed by atoms with Gasteiger partial charge in [-0.05, 0) is 67.3 Å². The molecule has 32 heavy (non-hydrogen) atoms. The van der Waals surface area contributed by atoms with Crippen LogP contribution in [0.25, 0.3) is 11.4 Å². The molecule has 168 valence electrons. The van der Waals surface area contributed by atoms with E-state index >= 15 is 0 Å². The number of aromatic nitrogens is 3. The first kappa shape index (κ1) is 22.6. The lowest BCUT2D eigenvalue weighted by atomic mass is 10.0. The second-order valence-corrected chi connectivity index (χ2v) is 8.56. The fraction of sp³-hybridized carbons (Fsp3) is 0.318. The zero-order valence-corrected chi connectivity index (χ0v) is 18.2. The summed E-state index contributed by atoms with van der Waals surface area (Å²) < 4.78 is 41.5. The first-order valence-electron chi connectivity index (χ1n) is 9.96. The molecule has 0 bridgehead atoms. The number of hydrogen-bond acceptors (Lipinski definition) is 3. The summed E-state index contributed by atoms with van der Waals surface area (Å²) in [5.41, 5.74) is -0.271. The summed E-state index contributed by atoms with van der Waals surface area (Å²) in [6.07, 6.45) is -2.82. The van der Waals surface area contributed by atoms with Crippen molar-refractivity contribution in [3.63, 3.8) is 0 Å². The van der Waals surface area contributed by atoms with Gasteiger partial charge in [-0.2, -0.15) is 13.2 Å². The molecular formula is C22H18Cl2F3N3O2. The third kappa shape index (κ3) is 4.91. The Labute approximate surface area is 191 Å². The fourth-order valence-corrected chi connectivity index (χ4v) is 3.78. The number of nitrogens with zero attached hydrogens (tertiary/aromatic N) is 3. The number of ketones is 1. The standard InChI is InChI=1S/C22H18Cl2F3N3O2/c23-16-5-1-13(2-6-16)20-28-29(21(32)30(20)17-7-8-17)12-18(31)9-3-14-11-15(22(25,26)27)4-10-19(14)24/h1-2,4-6,10-11,17H,3,7-9,12H2. The summed E-state index contributed by atoms with van der Waals surface area (Å²) >= 11 is 11.9. The third-order valence-electron chi connectivity index (χ3n) is 5.26. The minimum Gasteiger partial charge on any atom is -0.298 e. The predicted molar refractivity (Wildman–Crippen MR) is 115 cm³/mol. The molecule has 0 radical (unpaired) electrons. The van der Waals surface area contributed by atoms with Crippen LogP contribution in [0.3, 0.4) is 0 Å². The second-order valence-electron chi connectivity index (χ2n) is 7.71. The van der Waals surface area contributed by atoms with Crippen LogP contribution in [0.1, 0.15) is 36.4 Å². The van der Waals surface area contributed by atoms with Crippen LogP contribution in [0, 0.1) is 0 Å². The van der Waals surface area contributed by atoms with E-state index in [0.717, 1.165) is 29.7 Å². The lowest BCUT2D eigenvalue weighted by Crippen LogP contribution is -2.27. The number of aryl methyl sites for hydroxylation is 1. The molecular weight excluding hydrogens is 466 g/mol. The van der Waals surface area contributed by atoms with Crippen LogP contribution in [-0.2, 0) is 23.9 Å². The third-order valence-corrected chi connectivity index (χ3v) is 5.88. The van der Waals surface area contributed by atoms with E-state index < -0.39 is 11.7 Å². The minimum atomic E-state index is -4.50. The van der Waals surface area contributed by atoms with Gasteiger partial charge in [0.15, 0.2) is 11.6 Å². The Bertz CT molecular complexity index is 1210. The topological polar surface area (TPSA) is 56.9 Å². The molecule has 10 heteroatoms. The molecule has 0 aliphatic heterocycles. The first-order chi connectivity index (χ1) is 15.1. The number of carbonyl (C=O) groups excluding carboxylic acids is 1. The summed E-state index contributed by atoms with van der Waals surface area (Å²) in [5.74, 6) is 0.131. The molecule has 2 aromatic carbocycles.